The number of hydrogen-bond donors (Lipinski definition) is 2. The molecule has 2 rings (SSSR count). The van der Waals surface area contributed by atoms with Gasteiger partial charge < -0.3 is 4.74 Å². The van der Waals surface area contributed by atoms with Gasteiger partial charge in [-0.2, -0.15) is 0 Å². The second kappa shape index (κ2) is 6.87. The standard InChI is InChI=1S/C16H30N2O/c1-3-19-16(11-7-8-13(2)12-16)15(18-17)14-9-5-4-6-10-14/h9,13,15,18H,3-8,10-12,17H2,1-2H3. The van der Waals surface area contributed by atoms with Gasteiger partial charge in [0.1, 0.15) is 0 Å². The fourth-order valence-corrected chi connectivity index (χ4v) is 4.03. The molecule has 3 heteroatoms. The predicted octanol–water partition coefficient (Wildman–Crippen LogP) is 3.30. The molecule has 0 spiro atoms. The average molecular weight is 266 g/mol. The largest absolute Gasteiger partial charge is 0.373 e. The molecular weight excluding hydrogens is 236 g/mol. The smallest absolute Gasteiger partial charge is 0.0888 e. The SMILES string of the molecule is CCOC1(C(NN)C2=CCCCC2)CCCC(C)C1. The van der Waals surface area contributed by atoms with Crippen LogP contribution < -0.4 is 11.3 Å². The molecule has 0 saturated heterocycles. The van der Waals surface area contributed by atoms with Crippen LogP contribution in [0.4, 0.5) is 0 Å². The Morgan fingerprint density at radius 2 is 2.32 bits per heavy atom. The molecule has 0 aromatic carbocycles. The summed E-state index contributed by atoms with van der Waals surface area (Å²) in [6.45, 7) is 5.22. The van der Waals surface area contributed by atoms with Crippen LogP contribution in [0.3, 0.4) is 0 Å². The summed E-state index contributed by atoms with van der Waals surface area (Å²) in [5.41, 5.74) is 4.50. The fraction of sp³-hybridized carbons (Fsp3) is 0.875. The first-order valence-corrected chi connectivity index (χ1v) is 8.01. The normalized spacial score (nSPS) is 33.8. The average Bonchev–Trinajstić information content (AvgIpc) is 2.41. The third-order valence-electron chi connectivity index (χ3n) is 4.81. The molecule has 1 fully saturated rings. The van der Waals surface area contributed by atoms with E-state index in [1.54, 1.807) is 0 Å². The Hall–Kier alpha value is -0.380. The van der Waals surface area contributed by atoms with Gasteiger partial charge in [0.15, 0.2) is 0 Å². The van der Waals surface area contributed by atoms with E-state index in [0.717, 1.165) is 25.4 Å². The van der Waals surface area contributed by atoms with E-state index in [9.17, 15) is 0 Å². The molecule has 0 amide bonds. The minimum Gasteiger partial charge on any atom is -0.373 e. The van der Waals surface area contributed by atoms with Gasteiger partial charge in [-0.25, -0.2) is 0 Å². The highest BCUT2D eigenvalue weighted by atomic mass is 16.5. The minimum atomic E-state index is -0.0790. The lowest BCUT2D eigenvalue weighted by Gasteiger charge is -2.46. The summed E-state index contributed by atoms with van der Waals surface area (Å²) >= 11 is 0. The summed E-state index contributed by atoms with van der Waals surface area (Å²) in [5.74, 6) is 6.66. The third-order valence-corrected chi connectivity index (χ3v) is 4.81. The van der Waals surface area contributed by atoms with Crippen LogP contribution in [0.2, 0.25) is 0 Å². The zero-order chi connectivity index (χ0) is 13.7. The van der Waals surface area contributed by atoms with Crippen LogP contribution in [-0.2, 0) is 4.74 Å². The number of nitrogens with one attached hydrogen (secondary N) is 1. The first-order chi connectivity index (χ1) is 9.22. The van der Waals surface area contributed by atoms with E-state index in [0.29, 0.717) is 0 Å². The van der Waals surface area contributed by atoms with Gasteiger partial charge in [0, 0.05) is 6.61 Å². The highest BCUT2D eigenvalue weighted by molar-refractivity contribution is 5.20. The molecule has 19 heavy (non-hydrogen) atoms. The summed E-state index contributed by atoms with van der Waals surface area (Å²) < 4.78 is 6.26. The minimum absolute atomic E-state index is 0.0790. The maximum atomic E-state index is 6.26. The lowest BCUT2D eigenvalue weighted by Crippen LogP contribution is -2.58. The predicted molar refractivity (Wildman–Crippen MR) is 79.7 cm³/mol. The Bertz CT molecular complexity index is 312. The summed E-state index contributed by atoms with van der Waals surface area (Å²) in [6.07, 6.45) is 12.2. The summed E-state index contributed by atoms with van der Waals surface area (Å²) in [6, 6.07) is 0.204. The zero-order valence-corrected chi connectivity index (χ0v) is 12.6. The number of rotatable bonds is 5. The molecule has 2 aliphatic rings. The first-order valence-electron chi connectivity index (χ1n) is 8.01. The van der Waals surface area contributed by atoms with Gasteiger partial charge >= 0.3 is 0 Å². The summed E-state index contributed by atoms with van der Waals surface area (Å²) in [4.78, 5) is 0. The molecule has 110 valence electrons. The van der Waals surface area contributed by atoms with Crippen LogP contribution in [-0.4, -0.2) is 18.2 Å². The number of nitrogens with two attached hydrogens (primary N) is 1. The molecule has 3 atom stereocenters. The van der Waals surface area contributed by atoms with Crippen LogP contribution in [0.25, 0.3) is 0 Å². The Balaban J connectivity index is 2.21. The molecule has 0 aliphatic heterocycles. The molecule has 0 heterocycles. The quantitative estimate of drug-likeness (QED) is 0.456. The molecule has 3 nitrogen and oxygen atoms in total. The molecule has 0 aromatic rings. The molecule has 0 radical (unpaired) electrons. The van der Waals surface area contributed by atoms with Crippen LogP contribution in [0, 0.1) is 5.92 Å². The molecular formula is C16H30N2O. The van der Waals surface area contributed by atoms with Crippen molar-refractivity contribution in [3.05, 3.63) is 11.6 Å². The van der Waals surface area contributed by atoms with Crippen LogP contribution >= 0.6 is 0 Å². The van der Waals surface area contributed by atoms with E-state index in [4.69, 9.17) is 10.6 Å². The maximum absolute atomic E-state index is 6.26. The van der Waals surface area contributed by atoms with Crippen molar-refractivity contribution in [2.24, 2.45) is 11.8 Å². The third kappa shape index (κ3) is 3.39. The second-order valence-corrected chi connectivity index (χ2v) is 6.32. The van der Waals surface area contributed by atoms with Gasteiger partial charge in [0.05, 0.1) is 11.6 Å². The van der Waals surface area contributed by atoms with Crippen molar-refractivity contribution in [1.29, 1.82) is 0 Å². The van der Waals surface area contributed by atoms with Gasteiger partial charge in [-0.1, -0.05) is 31.4 Å². The molecule has 3 unspecified atom stereocenters. The van der Waals surface area contributed by atoms with Crippen LogP contribution in [0.5, 0.6) is 0 Å². The molecule has 1 saturated carbocycles. The molecule has 0 bridgehead atoms. The van der Waals surface area contributed by atoms with E-state index in [1.807, 2.05) is 0 Å². The maximum Gasteiger partial charge on any atom is 0.0888 e. The number of allylic oxidation sites excluding steroid dienone is 1. The van der Waals surface area contributed by atoms with Crippen molar-refractivity contribution < 1.29 is 4.74 Å². The van der Waals surface area contributed by atoms with Crippen molar-refractivity contribution >= 4 is 0 Å². The first kappa shape index (κ1) is 15.0. The van der Waals surface area contributed by atoms with Crippen LogP contribution in [0.1, 0.15) is 65.2 Å². The monoisotopic (exact) mass is 266 g/mol. The Kier molecular flexibility index (Phi) is 5.43. The van der Waals surface area contributed by atoms with Gasteiger partial charge in [-0.05, 0) is 51.4 Å². The van der Waals surface area contributed by atoms with Crippen molar-refractivity contribution in [3.8, 4) is 0 Å². The summed E-state index contributed by atoms with van der Waals surface area (Å²) in [7, 11) is 0. The molecule has 0 aromatic heterocycles. The second-order valence-electron chi connectivity index (χ2n) is 6.32. The zero-order valence-electron chi connectivity index (χ0n) is 12.6. The van der Waals surface area contributed by atoms with E-state index in [2.05, 4.69) is 25.3 Å². The number of hydrazine groups is 1. The van der Waals surface area contributed by atoms with Crippen molar-refractivity contribution in [2.45, 2.75) is 76.9 Å². The number of hydrogen-bond acceptors (Lipinski definition) is 3. The molecule has 3 N–H and O–H groups in total. The Morgan fingerprint density at radius 3 is 2.89 bits per heavy atom. The van der Waals surface area contributed by atoms with Crippen LogP contribution in [0.15, 0.2) is 11.6 Å². The Labute approximate surface area is 117 Å². The fourth-order valence-electron chi connectivity index (χ4n) is 4.03. The highest BCUT2D eigenvalue weighted by Crippen LogP contribution is 2.41. The Morgan fingerprint density at radius 1 is 1.47 bits per heavy atom. The van der Waals surface area contributed by atoms with E-state index < -0.39 is 0 Å². The summed E-state index contributed by atoms with van der Waals surface area (Å²) in [5, 5.41) is 0. The van der Waals surface area contributed by atoms with E-state index >= 15 is 0 Å². The van der Waals surface area contributed by atoms with E-state index in [1.165, 1.54) is 44.1 Å². The van der Waals surface area contributed by atoms with Crippen molar-refractivity contribution in [2.75, 3.05) is 6.61 Å². The lowest BCUT2D eigenvalue weighted by molar-refractivity contribution is -0.0933. The molecule has 2 aliphatic carbocycles. The van der Waals surface area contributed by atoms with Crippen molar-refractivity contribution in [3.63, 3.8) is 0 Å². The van der Waals surface area contributed by atoms with Gasteiger partial charge in [0.2, 0.25) is 0 Å². The van der Waals surface area contributed by atoms with E-state index in [-0.39, 0.29) is 11.6 Å². The topological polar surface area (TPSA) is 47.3 Å². The highest BCUT2D eigenvalue weighted by Gasteiger charge is 2.43. The lowest BCUT2D eigenvalue weighted by atomic mass is 9.71. The number of ether oxygens (including phenoxy) is 1. The van der Waals surface area contributed by atoms with Gasteiger partial charge in [-0.3, -0.25) is 11.3 Å². The van der Waals surface area contributed by atoms with Gasteiger partial charge in [0.25, 0.3) is 0 Å². The van der Waals surface area contributed by atoms with Gasteiger partial charge in [-0.15, -0.1) is 0 Å². The van der Waals surface area contributed by atoms with Crippen molar-refractivity contribution in [1.82, 2.24) is 5.43 Å².